The number of carbonyl (C=O) groups is 2. The molecule has 4 aliphatic rings. The highest BCUT2D eigenvalue weighted by Gasteiger charge is 2.72. The van der Waals surface area contributed by atoms with Gasteiger partial charge in [0.15, 0.2) is 11.6 Å². The van der Waals surface area contributed by atoms with Crippen molar-refractivity contribution in [3.05, 3.63) is 23.8 Å². The number of aliphatic hydroxyl groups is 2. The molecule has 3 fully saturated rings. The molecular weight excluding hydrogens is 352 g/mol. The second kappa shape index (κ2) is 5.89. The van der Waals surface area contributed by atoms with Crippen molar-refractivity contribution < 1.29 is 19.8 Å². The molecule has 0 heterocycles. The van der Waals surface area contributed by atoms with E-state index < -0.39 is 18.1 Å². The Labute approximate surface area is 168 Å². The highest BCUT2D eigenvalue weighted by molar-refractivity contribution is 6.01. The van der Waals surface area contributed by atoms with Gasteiger partial charge >= 0.3 is 0 Å². The molecule has 0 aromatic rings. The Morgan fingerprint density at radius 3 is 2.54 bits per heavy atom. The molecular formula is C24H34O4. The van der Waals surface area contributed by atoms with Crippen LogP contribution in [0.5, 0.6) is 0 Å². The van der Waals surface area contributed by atoms with Gasteiger partial charge in [-0.15, -0.1) is 0 Å². The summed E-state index contributed by atoms with van der Waals surface area (Å²) in [6.45, 7) is 10.3. The molecule has 4 rings (SSSR count). The van der Waals surface area contributed by atoms with Crippen LogP contribution in [0.15, 0.2) is 23.8 Å². The van der Waals surface area contributed by atoms with Gasteiger partial charge in [-0.1, -0.05) is 46.3 Å². The minimum absolute atomic E-state index is 0.0419. The van der Waals surface area contributed by atoms with Gasteiger partial charge in [-0.3, -0.25) is 9.59 Å². The molecule has 0 radical (unpaired) electrons. The van der Waals surface area contributed by atoms with Crippen molar-refractivity contribution in [2.75, 3.05) is 6.61 Å². The maximum atomic E-state index is 12.9. The van der Waals surface area contributed by atoms with E-state index in [9.17, 15) is 19.8 Å². The van der Waals surface area contributed by atoms with Gasteiger partial charge in [0.05, 0.1) is 6.10 Å². The van der Waals surface area contributed by atoms with Crippen molar-refractivity contribution in [3.63, 3.8) is 0 Å². The third-order valence-electron chi connectivity index (χ3n) is 10.3. The number of Topliss-reactive ketones (excluding diaryl/α,β-unsaturated/α-hetero) is 1. The lowest BCUT2D eigenvalue weighted by molar-refractivity contribution is -0.190. The number of carbonyl (C=O) groups excluding carboxylic acids is 2. The number of aliphatic hydroxyl groups excluding tert-OH is 2. The van der Waals surface area contributed by atoms with Crippen molar-refractivity contribution >= 4 is 11.6 Å². The monoisotopic (exact) mass is 386 g/mol. The number of fused-ring (bicyclic) bond motifs is 5. The first-order valence-electron chi connectivity index (χ1n) is 10.7. The van der Waals surface area contributed by atoms with Gasteiger partial charge in [0.25, 0.3) is 0 Å². The summed E-state index contributed by atoms with van der Waals surface area (Å²) in [5, 5.41) is 21.3. The van der Waals surface area contributed by atoms with Gasteiger partial charge in [0, 0.05) is 16.2 Å². The standard InChI is InChI=1S/C24H34O4/c1-14-10-18-17-7-6-15-11-16(26)8-9-21(15,2)24(17,5)19(27)12-22(18,3)23(14,4)20(28)13-25/h8-9,11,14,17-19,25,27H,6-7,10,12-13H2,1-5H3/t14?,17?,18?,19?,21?,22?,23-,24-/m1/s1. The Balaban J connectivity index is 1.84. The molecule has 0 amide bonds. The first kappa shape index (κ1) is 20.0. The van der Waals surface area contributed by atoms with Crippen LogP contribution >= 0.6 is 0 Å². The van der Waals surface area contributed by atoms with Gasteiger partial charge in [0.1, 0.15) is 6.61 Å². The molecule has 2 N–H and O–H groups in total. The zero-order chi connectivity index (χ0) is 20.7. The molecule has 0 bridgehead atoms. The van der Waals surface area contributed by atoms with E-state index in [1.165, 1.54) is 0 Å². The highest BCUT2D eigenvalue weighted by atomic mass is 16.3. The van der Waals surface area contributed by atoms with Gasteiger partial charge in [-0.2, -0.15) is 0 Å². The predicted molar refractivity (Wildman–Crippen MR) is 107 cm³/mol. The van der Waals surface area contributed by atoms with Crippen LogP contribution in [-0.2, 0) is 9.59 Å². The Bertz CT molecular complexity index is 796. The van der Waals surface area contributed by atoms with Crippen LogP contribution in [0.2, 0.25) is 0 Å². The fourth-order valence-corrected chi connectivity index (χ4v) is 7.96. The molecule has 0 spiro atoms. The van der Waals surface area contributed by atoms with Gasteiger partial charge in [-0.25, -0.2) is 0 Å². The number of ketones is 2. The van der Waals surface area contributed by atoms with Crippen molar-refractivity contribution in [1.82, 2.24) is 0 Å². The first-order chi connectivity index (χ1) is 13.0. The summed E-state index contributed by atoms with van der Waals surface area (Å²) in [6.07, 6.45) is 8.20. The Hall–Kier alpha value is -1.26. The lowest BCUT2D eigenvalue weighted by atomic mass is 9.39. The van der Waals surface area contributed by atoms with Crippen molar-refractivity contribution in [1.29, 1.82) is 0 Å². The largest absolute Gasteiger partial charge is 0.392 e. The zero-order valence-electron chi connectivity index (χ0n) is 17.8. The third kappa shape index (κ3) is 2.04. The lowest BCUT2D eigenvalue weighted by Crippen LogP contribution is -2.64. The molecule has 3 saturated carbocycles. The fraction of sp³-hybridized carbons (Fsp3) is 0.750. The summed E-state index contributed by atoms with van der Waals surface area (Å²) in [7, 11) is 0. The van der Waals surface area contributed by atoms with Crippen LogP contribution in [0.25, 0.3) is 0 Å². The summed E-state index contributed by atoms with van der Waals surface area (Å²) < 4.78 is 0. The van der Waals surface area contributed by atoms with E-state index in [0.717, 1.165) is 24.8 Å². The molecule has 0 aliphatic heterocycles. The minimum Gasteiger partial charge on any atom is -0.392 e. The molecule has 6 unspecified atom stereocenters. The predicted octanol–water partition coefficient (Wildman–Crippen LogP) is 3.47. The summed E-state index contributed by atoms with van der Waals surface area (Å²) in [5.41, 5.74) is -0.521. The molecule has 0 aromatic heterocycles. The number of rotatable bonds is 2. The van der Waals surface area contributed by atoms with E-state index in [2.05, 4.69) is 27.7 Å². The SMILES string of the molecule is CC1CC2C3CCC4=CC(=O)C=CC4(C)[C@@]3(C)C(O)CC2(C)[C@@]1(C)C(=O)CO. The van der Waals surface area contributed by atoms with E-state index in [4.69, 9.17) is 0 Å². The number of hydrogen-bond donors (Lipinski definition) is 2. The van der Waals surface area contributed by atoms with E-state index in [1.807, 2.05) is 13.0 Å². The third-order valence-corrected chi connectivity index (χ3v) is 10.3. The Kier molecular flexibility index (Phi) is 4.21. The quantitative estimate of drug-likeness (QED) is 0.762. The van der Waals surface area contributed by atoms with Crippen molar-refractivity contribution in [2.45, 2.75) is 66.4 Å². The molecule has 0 saturated heterocycles. The van der Waals surface area contributed by atoms with E-state index in [1.54, 1.807) is 12.2 Å². The molecule has 4 heteroatoms. The van der Waals surface area contributed by atoms with Crippen molar-refractivity contribution in [2.24, 2.45) is 39.4 Å². The molecule has 4 aliphatic carbocycles. The summed E-state index contributed by atoms with van der Waals surface area (Å²) >= 11 is 0. The van der Waals surface area contributed by atoms with E-state index in [0.29, 0.717) is 12.3 Å². The van der Waals surface area contributed by atoms with Crippen LogP contribution in [0.1, 0.15) is 60.3 Å². The molecule has 28 heavy (non-hydrogen) atoms. The van der Waals surface area contributed by atoms with Crippen LogP contribution in [0.4, 0.5) is 0 Å². The number of hydrogen-bond acceptors (Lipinski definition) is 4. The van der Waals surface area contributed by atoms with E-state index >= 15 is 0 Å². The summed E-state index contributed by atoms with van der Waals surface area (Å²) in [6, 6.07) is 0. The molecule has 4 nitrogen and oxygen atoms in total. The van der Waals surface area contributed by atoms with Crippen LogP contribution in [0.3, 0.4) is 0 Å². The summed E-state index contributed by atoms with van der Waals surface area (Å²) in [5.74, 6) is 0.717. The maximum Gasteiger partial charge on any atom is 0.178 e. The van der Waals surface area contributed by atoms with Gasteiger partial charge in [0.2, 0.25) is 0 Å². The Morgan fingerprint density at radius 1 is 1.21 bits per heavy atom. The summed E-state index contributed by atoms with van der Waals surface area (Å²) in [4.78, 5) is 24.9. The average Bonchev–Trinajstić information content (AvgIpc) is 2.84. The maximum absolute atomic E-state index is 12.9. The first-order valence-corrected chi connectivity index (χ1v) is 10.7. The minimum atomic E-state index is -0.621. The molecule has 8 atom stereocenters. The number of allylic oxidation sites excluding steroid dienone is 4. The van der Waals surface area contributed by atoms with Gasteiger partial charge in [-0.05, 0) is 61.0 Å². The van der Waals surface area contributed by atoms with Gasteiger partial charge < -0.3 is 10.2 Å². The second-order valence-corrected chi connectivity index (χ2v) is 10.7. The van der Waals surface area contributed by atoms with Crippen molar-refractivity contribution in [3.8, 4) is 0 Å². The zero-order valence-corrected chi connectivity index (χ0v) is 17.8. The van der Waals surface area contributed by atoms with E-state index in [-0.39, 0.29) is 39.6 Å². The fourth-order valence-electron chi connectivity index (χ4n) is 7.96. The normalized spacial score (nSPS) is 52.5. The smallest absolute Gasteiger partial charge is 0.178 e. The average molecular weight is 387 g/mol. The molecule has 0 aromatic carbocycles. The topological polar surface area (TPSA) is 74.6 Å². The highest BCUT2D eigenvalue weighted by Crippen LogP contribution is 2.74. The van der Waals surface area contributed by atoms with Crippen LogP contribution < -0.4 is 0 Å². The van der Waals surface area contributed by atoms with Crippen LogP contribution in [-0.4, -0.2) is 34.5 Å². The second-order valence-electron chi connectivity index (χ2n) is 10.7. The van der Waals surface area contributed by atoms with Crippen LogP contribution in [0, 0.1) is 39.4 Å². The Morgan fingerprint density at radius 2 is 1.89 bits per heavy atom. The molecule has 154 valence electrons. The lowest BCUT2D eigenvalue weighted by Gasteiger charge is -2.66.